The third-order valence-corrected chi connectivity index (χ3v) is 13.5. The van der Waals surface area contributed by atoms with E-state index in [4.69, 9.17) is 63.8 Å². The quantitative estimate of drug-likeness (QED) is 0.270. The molecule has 29 heavy (non-hydrogen) atoms. The molecule has 0 aliphatic carbocycles. The zero-order chi connectivity index (χ0) is 21.4. The predicted octanol–water partition coefficient (Wildman–Crippen LogP) is 7.69. The maximum absolute atomic E-state index is 14.0. The van der Waals surface area contributed by atoms with E-state index in [9.17, 15) is 6.80 Å². The van der Waals surface area contributed by atoms with Gasteiger partial charge in [-0.2, -0.15) is 0 Å². The van der Waals surface area contributed by atoms with Gasteiger partial charge in [-0.15, -0.1) is 0 Å². The second kappa shape index (κ2) is 6.40. The third-order valence-electron chi connectivity index (χ3n) is 3.33. The Labute approximate surface area is 185 Å². The van der Waals surface area contributed by atoms with Crippen molar-refractivity contribution in [2.45, 2.75) is 0 Å². The topological polar surface area (TPSA) is 61.8 Å². The van der Waals surface area contributed by atoms with E-state index in [-0.39, 0.29) is 17.2 Å². The van der Waals surface area contributed by atoms with Crippen LogP contribution in [0.15, 0.2) is 72.8 Å². The Hall–Kier alpha value is -1.20. The Morgan fingerprint density at radius 1 is 0.483 bits per heavy atom. The van der Waals surface area contributed by atoms with Gasteiger partial charge in [0.1, 0.15) is 0 Å². The van der Waals surface area contributed by atoms with E-state index in [1.54, 1.807) is 0 Å². The zero-order valence-electron chi connectivity index (χ0n) is 14.3. The van der Waals surface area contributed by atoms with Crippen LogP contribution in [0.1, 0.15) is 0 Å². The fraction of sp³-hybridized carbons (Fsp3) is 0. The van der Waals surface area contributed by atoms with Gasteiger partial charge in [0.05, 0.1) is 0 Å². The monoisotopic (exact) mass is 667 g/mol. The number of benzene rings is 3. The molecule has 0 spiro atoms. The number of hydrogen-bond donors (Lipinski definition) is 0. The van der Waals surface area contributed by atoms with Crippen LogP contribution < -0.4 is 10.2 Å². The Morgan fingerprint density at radius 2 is 0.690 bits per heavy atom. The first-order chi connectivity index (χ1) is 13.2. The van der Waals surface area contributed by atoms with Crippen molar-refractivity contribution >= 4 is 53.6 Å². The van der Waals surface area contributed by atoms with E-state index >= 15 is 0 Å². The molecule has 0 atom stereocenters. The molecule has 0 heterocycles. The van der Waals surface area contributed by atoms with Gasteiger partial charge in [0.15, 0.2) is 0 Å². The van der Waals surface area contributed by atoms with Crippen molar-refractivity contribution in [1.29, 1.82) is 0 Å². The number of rotatable bonds is 6. The van der Waals surface area contributed by atoms with Gasteiger partial charge in [-0.3, -0.25) is 0 Å². The molecule has 0 aliphatic rings. The summed E-state index contributed by atoms with van der Waals surface area (Å²) in [5.41, 5.74) is 0. The summed E-state index contributed by atoms with van der Waals surface area (Å²) in [5, 5.41) is 0.975. The van der Waals surface area contributed by atoms with Gasteiger partial charge in [-0.25, -0.2) is 0 Å². The molecule has 0 saturated carbocycles. The van der Waals surface area contributed by atoms with Crippen molar-refractivity contribution in [2.75, 3.05) is 0 Å². The van der Waals surface area contributed by atoms with Gasteiger partial charge in [0, 0.05) is 0 Å². The van der Waals surface area contributed by atoms with Crippen molar-refractivity contribution in [3.05, 3.63) is 87.9 Å². The summed E-state index contributed by atoms with van der Waals surface area (Å²) < 4.78 is 43.4. The maximum atomic E-state index is 14.0. The van der Waals surface area contributed by atoms with Crippen molar-refractivity contribution in [3.8, 4) is 17.2 Å². The van der Waals surface area contributed by atoms with Crippen LogP contribution in [-0.2, 0) is 18.1 Å². The van der Waals surface area contributed by atoms with Crippen LogP contribution in [0.3, 0.4) is 0 Å². The van der Waals surface area contributed by atoms with Gasteiger partial charge in [0.25, 0.3) is 0 Å². The standard InChI is InChI=1S/3C6H5ClO.2ClH.2O.W/c3*7-5-1-3-6(8)4-2-5;;;;;/h3*1-4,8H;2*1H;;;/q;;;;;;;+5/p-5. The molecule has 0 saturated heterocycles. The Morgan fingerprint density at radius 3 is 0.897 bits per heavy atom. The van der Waals surface area contributed by atoms with Crippen molar-refractivity contribution < 1.29 is 28.3 Å². The van der Waals surface area contributed by atoms with Crippen LogP contribution in [0.2, 0.25) is 15.1 Å². The minimum atomic E-state index is -9.44. The van der Waals surface area contributed by atoms with E-state index in [0.29, 0.717) is 15.1 Å². The predicted molar refractivity (Wildman–Crippen MR) is 109 cm³/mol. The fourth-order valence-electron chi connectivity index (χ4n) is 2.21. The zero-order valence-corrected chi connectivity index (χ0v) is 21.0. The van der Waals surface area contributed by atoms with Gasteiger partial charge < -0.3 is 0 Å². The third kappa shape index (κ3) is 5.91. The molecule has 0 fully saturated rings. The average Bonchev–Trinajstić information content (AvgIpc) is 2.60. The van der Waals surface area contributed by atoms with Crippen molar-refractivity contribution in [1.82, 2.24) is 0 Å². The first kappa shape index (κ1) is 22.5. The van der Waals surface area contributed by atoms with Gasteiger partial charge in [-0.1, -0.05) is 0 Å². The van der Waals surface area contributed by atoms with Gasteiger partial charge >= 0.3 is 187 Å². The van der Waals surface area contributed by atoms with E-state index in [0.717, 1.165) is 0 Å². The first-order valence-corrected chi connectivity index (χ1v) is 22.2. The molecule has 5 nitrogen and oxygen atoms in total. The van der Waals surface area contributed by atoms with Crippen LogP contribution >= 0.6 is 53.6 Å². The Kier molecular flexibility index (Phi) is 4.96. The summed E-state index contributed by atoms with van der Waals surface area (Å²) in [4.78, 5) is 0. The second-order valence-corrected chi connectivity index (χ2v) is 33.1. The van der Waals surface area contributed by atoms with E-state index in [2.05, 4.69) is 0 Å². The summed E-state index contributed by atoms with van der Waals surface area (Å²) in [6, 6.07) is 15.6. The summed E-state index contributed by atoms with van der Waals surface area (Å²) in [7, 11) is 12.2. The van der Waals surface area contributed by atoms with Crippen LogP contribution in [0.25, 0.3) is 0 Å². The molecule has 155 valence electrons. The normalized spacial score (nSPS) is 15.3. The Bertz CT molecular complexity index is 1130. The molecule has 3 rings (SSSR count). The summed E-state index contributed by atoms with van der Waals surface area (Å²) >= 11 is 8.04. The molecule has 0 amide bonds. The number of hydrogen-bond acceptors (Lipinski definition) is 5. The van der Waals surface area contributed by atoms with Crippen LogP contribution in [0.4, 0.5) is 0 Å². The molecule has 0 N–H and O–H groups in total. The van der Waals surface area contributed by atoms with Gasteiger partial charge in [0.2, 0.25) is 0 Å². The molecular formula is C18H12Cl5O5W. The molecule has 3 aromatic carbocycles. The molecule has 0 radical (unpaired) electrons. The molecule has 0 aliphatic heterocycles. The van der Waals surface area contributed by atoms with E-state index in [1.807, 2.05) is 0 Å². The fourth-order valence-corrected chi connectivity index (χ4v) is 12.7. The van der Waals surface area contributed by atoms with Crippen LogP contribution in [0, 0.1) is 0 Å². The van der Waals surface area contributed by atoms with E-state index in [1.165, 1.54) is 72.8 Å². The molecule has 0 unspecified atom stereocenters. The first-order valence-electron chi connectivity index (χ1n) is 7.79. The minimum absolute atomic E-state index is 0.297. The average molecular weight is 669 g/mol. The molecule has 11 heteroatoms. The summed E-state index contributed by atoms with van der Waals surface area (Å²) in [6.45, 7) is 0. The second-order valence-electron chi connectivity index (χ2n) is 5.98. The SMILES string of the molecule is [O]=[W](=[O])([Cl])([Cl])([O]c1ccc(Cl)cc1)([O]c1ccc(Cl)cc1)[O]c1ccc(Cl)cc1. The van der Waals surface area contributed by atoms with Crippen LogP contribution in [0.5, 0.6) is 17.2 Å². The molecule has 3 aromatic rings. The van der Waals surface area contributed by atoms with Crippen molar-refractivity contribution in [2.24, 2.45) is 0 Å². The molecule has 0 aromatic heterocycles. The summed E-state index contributed by atoms with van der Waals surface area (Å²) in [6.07, 6.45) is 0. The molecule has 0 bridgehead atoms. The van der Waals surface area contributed by atoms with E-state index < -0.39 is 11.3 Å². The van der Waals surface area contributed by atoms with Gasteiger partial charge in [-0.05, 0) is 0 Å². The van der Waals surface area contributed by atoms with Crippen molar-refractivity contribution in [3.63, 3.8) is 0 Å². The molecular weight excluding hydrogens is 657 g/mol. The Balaban J connectivity index is 2.18. The summed E-state index contributed by atoms with van der Waals surface area (Å²) in [5.74, 6) is -0.892. The number of halogens is 5. The van der Waals surface area contributed by atoms with Crippen LogP contribution in [-0.4, -0.2) is 0 Å².